The zero-order chi connectivity index (χ0) is 12.1. The maximum absolute atomic E-state index is 5.90. The summed E-state index contributed by atoms with van der Waals surface area (Å²) in [4.78, 5) is 4.28. The van der Waals surface area contributed by atoms with Crippen molar-refractivity contribution in [3.05, 3.63) is 23.9 Å². The van der Waals surface area contributed by atoms with Crippen molar-refractivity contribution >= 4 is 0 Å². The van der Waals surface area contributed by atoms with Gasteiger partial charge in [-0.05, 0) is 31.7 Å². The number of hydrogen-bond acceptors (Lipinski definition) is 3. The van der Waals surface area contributed by atoms with E-state index in [0.29, 0.717) is 11.8 Å². The van der Waals surface area contributed by atoms with Gasteiger partial charge >= 0.3 is 0 Å². The highest BCUT2D eigenvalue weighted by Gasteiger charge is 2.15. The third kappa shape index (κ3) is 3.43. The van der Waals surface area contributed by atoms with Gasteiger partial charge in [-0.2, -0.15) is 0 Å². The molecule has 1 aromatic rings. The monoisotopic (exact) mass is 234 g/mol. The highest BCUT2D eigenvalue weighted by Crippen LogP contribution is 2.26. The summed E-state index contributed by atoms with van der Waals surface area (Å²) in [5.74, 6) is 1.42. The van der Waals surface area contributed by atoms with Gasteiger partial charge in [0.15, 0.2) is 0 Å². The van der Waals surface area contributed by atoms with Crippen molar-refractivity contribution in [1.82, 2.24) is 4.98 Å². The third-order valence-corrected chi connectivity index (χ3v) is 3.47. The van der Waals surface area contributed by atoms with Gasteiger partial charge in [0.25, 0.3) is 0 Å². The third-order valence-electron chi connectivity index (χ3n) is 3.47. The maximum atomic E-state index is 5.90. The summed E-state index contributed by atoms with van der Waals surface area (Å²) in [6.45, 7) is 2.75. The molecule has 0 bridgehead atoms. The molecular formula is C14H22N2O. The van der Waals surface area contributed by atoms with Crippen molar-refractivity contribution in [2.75, 3.05) is 6.61 Å². The van der Waals surface area contributed by atoms with E-state index in [-0.39, 0.29) is 6.04 Å². The van der Waals surface area contributed by atoms with Crippen molar-refractivity contribution in [3.8, 4) is 5.88 Å². The highest BCUT2D eigenvalue weighted by molar-refractivity contribution is 5.28. The number of nitrogens with two attached hydrogens (primary N) is 1. The van der Waals surface area contributed by atoms with Crippen LogP contribution in [0.25, 0.3) is 0 Å². The molecule has 0 saturated heterocycles. The average Bonchev–Trinajstić information content (AvgIpc) is 2.38. The molecule has 3 nitrogen and oxygen atoms in total. The van der Waals surface area contributed by atoms with Gasteiger partial charge in [0, 0.05) is 17.8 Å². The van der Waals surface area contributed by atoms with Crippen LogP contribution in [0.3, 0.4) is 0 Å². The van der Waals surface area contributed by atoms with E-state index >= 15 is 0 Å². The summed E-state index contributed by atoms with van der Waals surface area (Å²) in [6.07, 6.45) is 8.42. The first-order valence-corrected chi connectivity index (χ1v) is 6.60. The molecule has 1 aliphatic rings. The van der Waals surface area contributed by atoms with Crippen LogP contribution in [0, 0.1) is 5.92 Å². The second kappa shape index (κ2) is 6.01. The molecule has 0 aliphatic heterocycles. The zero-order valence-electron chi connectivity index (χ0n) is 10.6. The molecule has 1 fully saturated rings. The van der Waals surface area contributed by atoms with Crippen LogP contribution in [0.2, 0.25) is 0 Å². The summed E-state index contributed by atoms with van der Waals surface area (Å²) in [7, 11) is 0. The van der Waals surface area contributed by atoms with Crippen LogP contribution in [0.1, 0.15) is 50.6 Å². The van der Waals surface area contributed by atoms with Crippen molar-refractivity contribution in [1.29, 1.82) is 0 Å². The topological polar surface area (TPSA) is 48.1 Å². The van der Waals surface area contributed by atoms with E-state index in [1.807, 2.05) is 19.1 Å². The summed E-state index contributed by atoms with van der Waals surface area (Å²) in [6, 6.07) is 3.88. The fourth-order valence-corrected chi connectivity index (χ4v) is 2.42. The van der Waals surface area contributed by atoms with Crippen LogP contribution >= 0.6 is 0 Å². The molecule has 2 N–H and O–H groups in total. The molecule has 3 heteroatoms. The lowest BCUT2D eigenvalue weighted by molar-refractivity contribution is 0.200. The molecule has 0 radical (unpaired) electrons. The van der Waals surface area contributed by atoms with Gasteiger partial charge in [-0.15, -0.1) is 0 Å². The van der Waals surface area contributed by atoms with E-state index in [2.05, 4.69) is 4.98 Å². The standard InChI is InChI=1S/C14H22N2O/c1-11(15)13-8-5-9-16-14(13)17-10-12-6-3-2-4-7-12/h5,8-9,11-12H,2-4,6-7,10,15H2,1H3/t11-/m0/s1. The maximum Gasteiger partial charge on any atom is 0.218 e. The number of rotatable bonds is 4. The molecule has 0 amide bonds. The number of hydrogen-bond donors (Lipinski definition) is 1. The minimum atomic E-state index is -0.0231. The van der Waals surface area contributed by atoms with Crippen LogP contribution in [0.4, 0.5) is 0 Å². The Hall–Kier alpha value is -1.09. The van der Waals surface area contributed by atoms with E-state index < -0.39 is 0 Å². The molecule has 1 saturated carbocycles. The summed E-state index contributed by atoms with van der Waals surface area (Å²) >= 11 is 0. The lowest BCUT2D eigenvalue weighted by Gasteiger charge is -2.22. The number of nitrogens with zero attached hydrogens (tertiary/aromatic N) is 1. The minimum absolute atomic E-state index is 0.0231. The molecule has 2 rings (SSSR count). The molecule has 94 valence electrons. The van der Waals surface area contributed by atoms with Gasteiger partial charge < -0.3 is 10.5 Å². The van der Waals surface area contributed by atoms with Gasteiger partial charge in [0.1, 0.15) is 0 Å². The van der Waals surface area contributed by atoms with Crippen molar-refractivity contribution in [2.24, 2.45) is 11.7 Å². The number of pyridine rings is 1. The van der Waals surface area contributed by atoms with Crippen molar-refractivity contribution in [3.63, 3.8) is 0 Å². The fraction of sp³-hybridized carbons (Fsp3) is 0.643. The largest absolute Gasteiger partial charge is 0.477 e. The van der Waals surface area contributed by atoms with Gasteiger partial charge in [-0.3, -0.25) is 0 Å². The van der Waals surface area contributed by atoms with Crippen LogP contribution in [-0.4, -0.2) is 11.6 Å². The Morgan fingerprint density at radius 2 is 2.18 bits per heavy atom. The highest BCUT2D eigenvalue weighted by atomic mass is 16.5. The van der Waals surface area contributed by atoms with Crippen molar-refractivity contribution in [2.45, 2.75) is 45.1 Å². The lowest BCUT2D eigenvalue weighted by Crippen LogP contribution is -2.17. The Morgan fingerprint density at radius 1 is 1.41 bits per heavy atom. The van der Waals surface area contributed by atoms with E-state index in [1.54, 1.807) is 6.20 Å². The Kier molecular flexibility index (Phi) is 4.37. The van der Waals surface area contributed by atoms with Gasteiger partial charge in [-0.25, -0.2) is 4.98 Å². The van der Waals surface area contributed by atoms with E-state index in [9.17, 15) is 0 Å². The number of ether oxygens (including phenoxy) is 1. The Balaban J connectivity index is 1.93. The Bertz CT molecular complexity index is 346. The first-order valence-electron chi connectivity index (χ1n) is 6.60. The second-order valence-electron chi connectivity index (χ2n) is 5.00. The first kappa shape index (κ1) is 12.4. The normalized spacial score (nSPS) is 18.9. The summed E-state index contributed by atoms with van der Waals surface area (Å²) in [5, 5.41) is 0. The first-order chi connectivity index (χ1) is 8.27. The van der Waals surface area contributed by atoms with E-state index in [0.717, 1.165) is 12.2 Å². The molecule has 1 heterocycles. The van der Waals surface area contributed by atoms with E-state index in [1.165, 1.54) is 32.1 Å². The van der Waals surface area contributed by atoms with Gasteiger partial charge in [-0.1, -0.05) is 25.3 Å². The smallest absolute Gasteiger partial charge is 0.218 e. The van der Waals surface area contributed by atoms with Crippen LogP contribution in [-0.2, 0) is 0 Å². The molecule has 1 atom stereocenters. The predicted molar refractivity (Wildman–Crippen MR) is 68.9 cm³/mol. The fourth-order valence-electron chi connectivity index (χ4n) is 2.42. The molecular weight excluding hydrogens is 212 g/mol. The summed E-state index contributed by atoms with van der Waals surface area (Å²) in [5.41, 5.74) is 6.91. The van der Waals surface area contributed by atoms with Crippen LogP contribution < -0.4 is 10.5 Å². The predicted octanol–water partition coefficient (Wildman–Crippen LogP) is 3.06. The molecule has 1 aromatic heterocycles. The zero-order valence-corrected chi connectivity index (χ0v) is 10.6. The SMILES string of the molecule is C[C@H](N)c1cccnc1OCC1CCCCC1. The van der Waals surface area contributed by atoms with E-state index in [4.69, 9.17) is 10.5 Å². The molecule has 17 heavy (non-hydrogen) atoms. The minimum Gasteiger partial charge on any atom is -0.477 e. The van der Waals surface area contributed by atoms with Crippen LogP contribution in [0.5, 0.6) is 5.88 Å². The lowest BCUT2D eigenvalue weighted by atomic mass is 9.90. The average molecular weight is 234 g/mol. The second-order valence-corrected chi connectivity index (χ2v) is 5.00. The molecule has 0 aromatic carbocycles. The number of aromatic nitrogens is 1. The van der Waals surface area contributed by atoms with Gasteiger partial charge in [0.2, 0.25) is 5.88 Å². The molecule has 0 spiro atoms. The van der Waals surface area contributed by atoms with Crippen LogP contribution in [0.15, 0.2) is 18.3 Å². The Labute approximate surface area is 103 Å². The summed E-state index contributed by atoms with van der Waals surface area (Å²) < 4.78 is 5.85. The Morgan fingerprint density at radius 3 is 2.88 bits per heavy atom. The molecule has 0 unspecified atom stereocenters. The molecule has 1 aliphatic carbocycles. The quantitative estimate of drug-likeness (QED) is 0.871. The van der Waals surface area contributed by atoms with Gasteiger partial charge in [0.05, 0.1) is 6.61 Å². The van der Waals surface area contributed by atoms with Crippen molar-refractivity contribution < 1.29 is 4.74 Å².